The lowest BCUT2D eigenvalue weighted by molar-refractivity contribution is -0.114. The number of ketones is 1. The molecule has 1 unspecified atom stereocenters. The van der Waals surface area contributed by atoms with Crippen molar-refractivity contribution >= 4 is 40.7 Å². The molecule has 0 aliphatic carbocycles. The lowest BCUT2D eigenvalue weighted by Crippen LogP contribution is -2.44. The van der Waals surface area contributed by atoms with Crippen LogP contribution < -0.4 is 20.1 Å². The lowest BCUT2D eigenvalue weighted by Gasteiger charge is -2.30. The van der Waals surface area contributed by atoms with E-state index in [4.69, 9.17) is 38.4 Å². The number of allylic oxidation sites excluding steroid dienone is 1. The zero-order chi connectivity index (χ0) is 23.4. The Labute approximate surface area is 196 Å². The number of hydrogen-bond acceptors (Lipinski definition) is 5. The average Bonchev–Trinajstić information content (AvgIpc) is 2.72. The van der Waals surface area contributed by atoms with Gasteiger partial charge in [-0.3, -0.25) is 4.79 Å². The Bertz CT molecular complexity index is 1100. The number of ether oxygens (including phenoxy) is 2. The van der Waals surface area contributed by atoms with Gasteiger partial charge < -0.3 is 25.2 Å². The molecule has 1 aliphatic heterocycles. The number of nitrogens with one attached hydrogen (secondary N) is 2. The van der Waals surface area contributed by atoms with E-state index in [1.807, 2.05) is 6.92 Å². The van der Waals surface area contributed by atoms with Gasteiger partial charge in [-0.2, -0.15) is 0 Å². The van der Waals surface area contributed by atoms with Crippen LogP contribution in [0.5, 0.6) is 11.5 Å². The smallest absolute Gasteiger partial charge is 0.335 e. The number of Topliss-reactive ketones (excluding diaryl/α,β-unsaturated/α-hetero) is 1. The van der Waals surface area contributed by atoms with Gasteiger partial charge in [0.1, 0.15) is 6.61 Å². The van der Waals surface area contributed by atoms with Crippen LogP contribution in [-0.2, 0) is 11.4 Å². The van der Waals surface area contributed by atoms with Crippen LogP contribution in [0.4, 0.5) is 0 Å². The summed E-state index contributed by atoms with van der Waals surface area (Å²) in [6, 6.07) is 9.40. The van der Waals surface area contributed by atoms with Crippen LogP contribution in [-0.4, -0.2) is 28.6 Å². The van der Waals surface area contributed by atoms with E-state index in [-0.39, 0.29) is 18.0 Å². The molecule has 0 spiro atoms. The molecule has 0 saturated heterocycles. The number of benzene rings is 2. The van der Waals surface area contributed by atoms with Crippen molar-refractivity contribution in [2.45, 2.75) is 33.4 Å². The number of carbonyl (C=O) groups is 2. The largest absolute Gasteiger partial charge is 0.490 e. The van der Waals surface area contributed by atoms with Gasteiger partial charge in [-0.1, -0.05) is 23.7 Å². The van der Waals surface area contributed by atoms with Gasteiger partial charge in [0, 0.05) is 11.3 Å². The third kappa shape index (κ3) is 5.20. The summed E-state index contributed by atoms with van der Waals surface area (Å²) in [6.45, 7) is 5.71. The van der Waals surface area contributed by atoms with E-state index in [0.29, 0.717) is 45.1 Å². The topological polar surface area (TPSA) is 96.9 Å². The Morgan fingerprint density at radius 2 is 1.88 bits per heavy atom. The monoisotopic (exact) mass is 474 g/mol. The molecule has 0 radical (unpaired) electrons. The van der Waals surface area contributed by atoms with Crippen molar-refractivity contribution in [1.29, 1.82) is 0 Å². The molecule has 0 amide bonds. The third-order valence-corrected chi connectivity index (χ3v) is 5.40. The third-order valence-electron chi connectivity index (χ3n) is 4.90. The zero-order valence-corrected chi connectivity index (χ0v) is 19.4. The lowest BCUT2D eigenvalue weighted by atomic mass is 9.93. The van der Waals surface area contributed by atoms with E-state index in [9.17, 15) is 9.59 Å². The van der Waals surface area contributed by atoms with Crippen LogP contribution in [0.25, 0.3) is 0 Å². The Kier molecular flexibility index (Phi) is 7.37. The molecule has 1 heterocycles. The van der Waals surface area contributed by atoms with Gasteiger partial charge >= 0.3 is 5.97 Å². The van der Waals surface area contributed by atoms with Gasteiger partial charge in [0.05, 0.1) is 23.2 Å². The van der Waals surface area contributed by atoms with Crippen molar-refractivity contribution in [3.63, 3.8) is 0 Å². The molecule has 32 heavy (non-hydrogen) atoms. The van der Waals surface area contributed by atoms with Gasteiger partial charge in [-0.05, 0) is 68.4 Å². The molecule has 9 heteroatoms. The van der Waals surface area contributed by atoms with Crippen molar-refractivity contribution in [1.82, 2.24) is 10.6 Å². The second kappa shape index (κ2) is 10.0. The number of carboxylic acid groups (broad SMARTS) is 1. The average molecular weight is 475 g/mol. The summed E-state index contributed by atoms with van der Waals surface area (Å²) in [6.07, 6.45) is 0. The highest BCUT2D eigenvalue weighted by molar-refractivity contribution is 7.80. The molecule has 1 atom stereocenters. The molecule has 3 N–H and O–H groups in total. The van der Waals surface area contributed by atoms with Gasteiger partial charge in [-0.15, -0.1) is 0 Å². The Morgan fingerprint density at radius 3 is 2.47 bits per heavy atom. The molecule has 0 bridgehead atoms. The van der Waals surface area contributed by atoms with Crippen molar-refractivity contribution in [3.05, 3.63) is 69.4 Å². The molecular formula is C23H23ClN2O5S. The van der Waals surface area contributed by atoms with E-state index >= 15 is 0 Å². The SMILES string of the molecule is CCOc1cc(C2NC(=S)NC(C)=C2C(C)=O)cc(Cl)c1OCc1ccc(C(=O)O)cc1. The van der Waals surface area contributed by atoms with Crippen LogP contribution in [0.3, 0.4) is 0 Å². The predicted molar refractivity (Wildman–Crippen MR) is 125 cm³/mol. The van der Waals surface area contributed by atoms with Crippen molar-refractivity contribution in [2.24, 2.45) is 0 Å². The van der Waals surface area contributed by atoms with E-state index in [2.05, 4.69) is 10.6 Å². The summed E-state index contributed by atoms with van der Waals surface area (Å²) in [5.74, 6) is -0.283. The standard InChI is InChI=1S/C23H23ClN2O5S/c1-4-30-18-10-16(20-19(13(3)27)12(2)25-23(32)26-20)9-17(24)21(18)31-11-14-5-7-15(8-6-14)22(28)29/h5-10,20H,4,11H2,1-3H3,(H,28,29)(H2,25,26,32). The van der Waals surface area contributed by atoms with Crippen molar-refractivity contribution in [3.8, 4) is 11.5 Å². The summed E-state index contributed by atoms with van der Waals surface area (Å²) in [4.78, 5) is 23.3. The minimum absolute atomic E-state index is 0.0887. The van der Waals surface area contributed by atoms with Crippen LogP contribution in [0.2, 0.25) is 5.02 Å². The normalized spacial score (nSPS) is 15.6. The molecule has 7 nitrogen and oxygen atoms in total. The first-order valence-corrected chi connectivity index (χ1v) is 10.7. The molecule has 0 saturated carbocycles. The van der Waals surface area contributed by atoms with Crippen LogP contribution in [0.1, 0.15) is 48.3 Å². The summed E-state index contributed by atoms with van der Waals surface area (Å²) < 4.78 is 11.7. The highest BCUT2D eigenvalue weighted by Gasteiger charge is 2.29. The summed E-state index contributed by atoms with van der Waals surface area (Å²) in [5.41, 5.74) is 2.93. The maximum absolute atomic E-state index is 12.3. The summed E-state index contributed by atoms with van der Waals surface area (Å²) >= 11 is 11.8. The molecule has 1 aliphatic rings. The van der Waals surface area contributed by atoms with Crippen molar-refractivity contribution < 1.29 is 24.2 Å². The van der Waals surface area contributed by atoms with Crippen LogP contribution >= 0.6 is 23.8 Å². The van der Waals surface area contributed by atoms with Crippen LogP contribution in [0.15, 0.2) is 47.7 Å². The minimum Gasteiger partial charge on any atom is -0.490 e. The second-order valence-electron chi connectivity index (χ2n) is 7.18. The van der Waals surface area contributed by atoms with Gasteiger partial charge in [0.25, 0.3) is 0 Å². The van der Waals surface area contributed by atoms with E-state index in [1.54, 1.807) is 31.2 Å². The first kappa shape index (κ1) is 23.6. The quantitative estimate of drug-likeness (QED) is 0.484. The number of thiocarbonyl (C=S) groups is 1. The highest BCUT2D eigenvalue weighted by atomic mass is 35.5. The van der Waals surface area contributed by atoms with Crippen LogP contribution in [0, 0.1) is 0 Å². The fourth-order valence-electron chi connectivity index (χ4n) is 3.47. The summed E-state index contributed by atoms with van der Waals surface area (Å²) in [5, 5.41) is 15.9. The molecule has 168 valence electrons. The van der Waals surface area contributed by atoms with Gasteiger partial charge in [0.15, 0.2) is 22.4 Å². The van der Waals surface area contributed by atoms with E-state index < -0.39 is 12.0 Å². The number of halogens is 1. The maximum Gasteiger partial charge on any atom is 0.335 e. The molecular weight excluding hydrogens is 452 g/mol. The second-order valence-corrected chi connectivity index (χ2v) is 8.00. The molecule has 3 rings (SSSR count). The Hall–Kier alpha value is -3.10. The minimum atomic E-state index is -0.991. The Morgan fingerprint density at radius 1 is 1.19 bits per heavy atom. The number of rotatable bonds is 8. The van der Waals surface area contributed by atoms with E-state index in [0.717, 1.165) is 5.56 Å². The zero-order valence-electron chi connectivity index (χ0n) is 17.8. The molecule has 0 fully saturated rings. The first-order chi connectivity index (χ1) is 15.2. The molecule has 2 aromatic carbocycles. The predicted octanol–water partition coefficient (Wildman–Crippen LogP) is 4.40. The fourth-order valence-corrected chi connectivity index (χ4v) is 4.01. The number of hydrogen-bond donors (Lipinski definition) is 3. The first-order valence-electron chi connectivity index (χ1n) is 9.91. The maximum atomic E-state index is 12.3. The fraction of sp³-hybridized carbons (Fsp3) is 0.261. The number of carbonyl (C=O) groups excluding carboxylic acids is 1. The Balaban J connectivity index is 1.92. The van der Waals surface area contributed by atoms with Crippen molar-refractivity contribution in [2.75, 3.05) is 6.61 Å². The van der Waals surface area contributed by atoms with E-state index in [1.165, 1.54) is 19.1 Å². The number of aromatic carboxylic acids is 1. The number of carboxylic acids is 1. The van der Waals surface area contributed by atoms with Gasteiger partial charge in [-0.25, -0.2) is 4.79 Å². The molecule has 0 aromatic heterocycles. The summed E-state index contributed by atoms with van der Waals surface area (Å²) in [7, 11) is 0. The highest BCUT2D eigenvalue weighted by Crippen LogP contribution is 2.40. The molecule has 2 aromatic rings. The van der Waals surface area contributed by atoms with Gasteiger partial charge in [0.2, 0.25) is 0 Å².